The normalized spacial score (nSPS) is 11.4. The quantitative estimate of drug-likeness (QED) is 0.875. The molecular weight excluding hydrogens is 299 g/mol. The topological polar surface area (TPSA) is 105 Å². The minimum atomic E-state index is -3.97. The molecule has 0 aliphatic heterocycles. The van der Waals surface area contributed by atoms with Crippen LogP contribution in [0, 0.1) is 19.7 Å². The number of aromatic nitrogens is 3. The molecule has 2 N–H and O–H groups in total. The number of halogens is 1. The van der Waals surface area contributed by atoms with Crippen molar-refractivity contribution >= 4 is 21.4 Å². The highest BCUT2D eigenvalue weighted by molar-refractivity contribution is 7.92. The largest absolute Gasteiger partial charge is 0.323 e. The van der Waals surface area contributed by atoms with E-state index in [0.717, 1.165) is 0 Å². The molecule has 21 heavy (non-hydrogen) atoms. The third kappa shape index (κ3) is 3.63. The SMILES string of the molecule is Cc1ccc(NC(=O)CS(=O)(=O)c2n[nH]c(C)n2)c(F)c1. The molecule has 1 aromatic heterocycles. The molecule has 1 amide bonds. The summed E-state index contributed by atoms with van der Waals surface area (Å²) in [6.07, 6.45) is 0. The lowest BCUT2D eigenvalue weighted by atomic mass is 10.2. The van der Waals surface area contributed by atoms with Crippen LogP contribution in [0.25, 0.3) is 0 Å². The number of rotatable bonds is 4. The van der Waals surface area contributed by atoms with E-state index in [1.165, 1.54) is 19.1 Å². The van der Waals surface area contributed by atoms with Crippen LogP contribution in [-0.4, -0.2) is 35.3 Å². The van der Waals surface area contributed by atoms with E-state index < -0.39 is 32.5 Å². The van der Waals surface area contributed by atoms with E-state index >= 15 is 0 Å². The van der Waals surface area contributed by atoms with Gasteiger partial charge in [0.1, 0.15) is 17.4 Å². The number of benzene rings is 1. The van der Waals surface area contributed by atoms with E-state index in [0.29, 0.717) is 11.4 Å². The number of amides is 1. The number of anilines is 1. The van der Waals surface area contributed by atoms with Crippen molar-refractivity contribution in [3.8, 4) is 0 Å². The predicted molar refractivity (Wildman–Crippen MR) is 72.9 cm³/mol. The molecular formula is C12H13FN4O3S. The van der Waals surface area contributed by atoms with Crippen molar-refractivity contribution in [2.45, 2.75) is 19.0 Å². The summed E-state index contributed by atoms with van der Waals surface area (Å²) in [7, 11) is -3.97. The Morgan fingerprint density at radius 1 is 1.38 bits per heavy atom. The molecule has 0 fully saturated rings. The molecule has 0 aliphatic rings. The maximum Gasteiger partial charge on any atom is 0.267 e. The number of H-pyrrole nitrogens is 1. The van der Waals surface area contributed by atoms with Crippen molar-refractivity contribution in [3.05, 3.63) is 35.4 Å². The fourth-order valence-corrected chi connectivity index (χ4v) is 2.61. The summed E-state index contributed by atoms with van der Waals surface area (Å²) in [4.78, 5) is 15.4. The van der Waals surface area contributed by atoms with Gasteiger partial charge in [0.15, 0.2) is 0 Å². The number of hydrogen-bond acceptors (Lipinski definition) is 5. The second-order valence-corrected chi connectivity index (χ2v) is 6.38. The van der Waals surface area contributed by atoms with E-state index in [-0.39, 0.29) is 5.69 Å². The van der Waals surface area contributed by atoms with Crippen LogP contribution in [0.1, 0.15) is 11.4 Å². The fraction of sp³-hybridized carbons (Fsp3) is 0.250. The zero-order valence-electron chi connectivity index (χ0n) is 11.3. The monoisotopic (exact) mass is 312 g/mol. The van der Waals surface area contributed by atoms with Gasteiger partial charge >= 0.3 is 0 Å². The zero-order chi connectivity index (χ0) is 15.6. The average molecular weight is 312 g/mol. The first kappa shape index (κ1) is 15.1. The van der Waals surface area contributed by atoms with Crippen LogP contribution < -0.4 is 5.32 Å². The second kappa shape index (κ2) is 5.60. The summed E-state index contributed by atoms with van der Waals surface area (Å²) in [5.41, 5.74) is 0.612. The first-order valence-electron chi connectivity index (χ1n) is 5.96. The number of sulfone groups is 1. The molecule has 9 heteroatoms. The Morgan fingerprint density at radius 3 is 2.67 bits per heavy atom. The maximum atomic E-state index is 13.6. The minimum Gasteiger partial charge on any atom is -0.323 e. The van der Waals surface area contributed by atoms with Crippen molar-refractivity contribution in [3.63, 3.8) is 0 Å². The maximum absolute atomic E-state index is 13.6. The van der Waals surface area contributed by atoms with Crippen LogP contribution in [0.4, 0.5) is 10.1 Å². The molecule has 0 spiro atoms. The van der Waals surface area contributed by atoms with E-state index in [1.807, 2.05) is 0 Å². The first-order valence-corrected chi connectivity index (χ1v) is 7.61. The third-order valence-electron chi connectivity index (χ3n) is 2.57. The van der Waals surface area contributed by atoms with E-state index in [9.17, 15) is 17.6 Å². The van der Waals surface area contributed by atoms with Gasteiger partial charge in [-0.15, -0.1) is 5.10 Å². The van der Waals surface area contributed by atoms with Crippen molar-refractivity contribution in [1.82, 2.24) is 15.2 Å². The van der Waals surface area contributed by atoms with Gasteiger partial charge in [0.2, 0.25) is 15.7 Å². The molecule has 2 aromatic rings. The van der Waals surface area contributed by atoms with Crippen molar-refractivity contribution in [1.29, 1.82) is 0 Å². The summed E-state index contributed by atoms with van der Waals surface area (Å²) in [5, 5.41) is 7.63. The highest BCUT2D eigenvalue weighted by Gasteiger charge is 2.24. The molecule has 0 saturated carbocycles. The van der Waals surface area contributed by atoms with E-state index in [2.05, 4.69) is 20.5 Å². The van der Waals surface area contributed by atoms with E-state index in [1.54, 1.807) is 13.0 Å². The van der Waals surface area contributed by atoms with Crippen LogP contribution in [0.2, 0.25) is 0 Å². The lowest BCUT2D eigenvalue weighted by Crippen LogP contribution is -2.24. The Kier molecular flexibility index (Phi) is 4.03. The number of nitrogens with one attached hydrogen (secondary N) is 2. The Morgan fingerprint density at radius 2 is 2.10 bits per heavy atom. The molecule has 2 rings (SSSR count). The molecule has 1 aromatic carbocycles. The molecule has 0 atom stereocenters. The minimum absolute atomic E-state index is 0.0769. The van der Waals surface area contributed by atoms with Crippen LogP contribution in [0.3, 0.4) is 0 Å². The zero-order valence-corrected chi connectivity index (χ0v) is 12.2. The fourth-order valence-electron chi connectivity index (χ4n) is 1.61. The predicted octanol–water partition coefficient (Wildman–Crippen LogP) is 0.973. The van der Waals surface area contributed by atoms with Crippen LogP contribution in [0.5, 0.6) is 0 Å². The van der Waals surface area contributed by atoms with Gasteiger partial charge < -0.3 is 5.32 Å². The number of hydrogen-bond donors (Lipinski definition) is 2. The Bertz CT molecular complexity index is 786. The van der Waals surface area contributed by atoms with Gasteiger partial charge in [0.25, 0.3) is 5.16 Å². The number of aromatic amines is 1. The number of aryl methyl sites for hydroxylation is 2. The number of carbonyl (C=O) groups excluding carboxylic acids is 1. The Balaban J connectivity index is 2.11. The molecule has 0 bridgehead atoms. The molecule has 0 radical (unpaired) electrons. The van der Waals surface area contributed by atoms with Gasteiger partial charge in [-0.3, -0.25) is 9.89 Å². The van der Waals surface area contributed by atoms with Crippen LogP contribution in [0.15, 0.2) is 23.4 Å². The van der Waals surface area contributed by atoms with Crippen LogP contribution >= 0.6 is 0 Å². The second-order valence-electron chi connectivity index (χ2n) is 4.49. The smallest absolute Gasteiger partial charge is 0.267 e. The van der Waals surface area contributed by atoms with Crippen molar-refractivity contribution < 1.29 is 17.6 Å². The summed E-state index contributed by atoms with van der Waals surface area (Å²) in [5.74, 6) is -2.04. The third-order valence-corrected chi connectivity index (χ3v) is 3.96. The van der Waals surface area contributed by atoms with Gasteiger partial charge in [-0.1, -0.05) is 6.07 Å². The lowest BCUT2D eigenvalue weighted by Gasteiger charge is -2.06. The van der Waals surface area contributed by atoms with Crippen molar-refractivity contribution in [2.24, 2.45) is 0 Å². The summed E-state index contributed by atoms with van der Waals surface area (Å²) < 4.78 is 37.3. The van der Waals surface area contributed by atoms with Gasteiger partial charge in [0.05, 0.1) is 5.69 Å². The number of nitrogens with zero attached hydrogens (tertiary/aromatic N) is 2. The standard InChI is InChI=1S/C12H13FN4O3S/c1-7-3-4-10(9(13)5-7)15-11(18)6-21(19,20)12-14-8(2)16-17-12/h3-5H,6H2,1-2H3,(H,15,18)(H,14,16,17). The van der Waals surface area contributed by atoms with Gasteiger partial charge in [-0.05, 0) is 31.5 Å². The van der Waals surface area contributed by atoms with E-state index in [4.69, 9.17) is 0 Å². The highest BCUT2D eigenvalue weighted by Crippen LogP contribution is 2.15. The van der Waals surface area contributed by atoms with Crippen LogP contribution in [-0.2, 0) is 14.6 Å². The Hall–Kier alpha value is -2.29. The highest BCUT2D eigenvalue weighted by atomic mass is 32.2. The summed E-state index contributed by atoms with van der Waals surface area (Å²) in [6.45, 7) is 3.23. The van der Waals surface area contributed by atoms with Gasteiger partial charge in [-0.2, -0.15) is 0 Å². The molecule has 0 saturated heterocycles. The Labute approximate surface area is 120 Å². The number of carbonyl (C=O) groups is 1. The average Bonchev–Trinajstić information content (AvgIpc) is 2.80. The molecule has 0 aliphatic carbocycles. The first-order chi connectivity index (χ1) is 9.78. The van der Waals surface area contributed by atoms with Crippen molar-refractivity contribution in [2.75, 3.05) is 11.1 Å². The van der Waals surface area contributed by atoms with Gasteiger partial charge in [-0.25, -0.2) is 17.8 Å². The van der Waals surface area contributed by atoms with Gasteiger partial charge in [0, 0.05) is 0 Å². The molecule has 0 unspecified atom stereocenters. The lowest BCUT2D eigenvalue weighted by molar-refractivity contribution is -0.113. The molecule has 1 heterocycles. The summed E-state index contributed by atoms with van der Waals surface area (Å²) >= 11 is 0. The summed E-state index contributed by atoms with van der Waals surface area (Å²) in [6, 6.07) is 4.21. The molecule has 112 valence electrons. The molecule has 7 nitrogen and oxygen atoms in total.